The molecule has 0 saturated carbocycles. The predicted octanol–water partition coefficient (Wildman–Crippen LogP) is 4.88. The van der Waals surface area contributed by atoms with E-state index in [9.17, 15) is 13.2 Å². The Morgan fingerprint density at radius 2 is 1.85 bits per heavy atom. The first kappa shape index (κ1) is 29.6. The van der Waals surface area contributed by atoms with Crippen LogP contribution in [0.5, 0.6) is 11.5 Å². The van der Waals surface area contributed by atoms with Crippen LogP contribution in [-0.2, 0) is 21.4 Å². The van der Waals surface area contributed by atoms with Crippen LogP contribution in [0.3, 0.4) is 0 Å². The van der Waals surface area contributed by atoms with Gasteiger partial charge < -0.3 is 20.1 Å². The molecule has 3 N–H and O–H groups in total. The van der Waals surface area contributed by atoms with E-state index in [-0.39, 0.29) is 23.3 Å². The summed E-state index contributed by atoms with van der Waals surface area (Å²) >= 11 is 0. The maximum atomic E-state index is 13.3. The van der Waals surface area contributed by atoms with Gasteiger partial charge in [-0.15, -0.1) is 0 Å². The number of hydrogen-bond acceptors (Lipinski definition) is 6. The quantitative estimate of drug-likeness (QED) is 0.255. The molecule has 214 valence electrons. The molecule has 0 saturated heterocycles. The molecule has 1 aliphatic rings. The maximum Gasteiger partial charge on any atom is 0.241 e. The average molecular weight is 566 g/mol. The number of hydrogen-bond donors (Lipinski definition) is 3. The van der Waals surface area contributed by atoms with Crippen LogP contribution in [0.1, 0.15) is 61.9 Å². The van der Waals surface area contributed by atoms with Crippen LogP contribution < -0.4 is 24.8 Å². The van der Waals surface area contributed by atoms with Crippen molar-refractivity contribution in [3.63, 3.8) is 0 Å². The molecule has 0 spiro atoms. The molecular weight excluding hydrogens is 526 g/mol. The summed E-state index contributed by atoms with van der Waals surface area (Å²) in [6.45, 7) is 6.62. The van der Waals surface area contributed by atoms with Crippen LogP contribution in [0.25, 0.3) is 0 Å². The van der Waals surface area contributed by atoms with Gasteiger partial charge in [-0.3, -0.25) is 4.79 Å². The van der Waals surface area contributed by atoms with Gasteiger partial charge in [-0.05, 0) is 48.2 Å². The third-order valence-electron chi connectivity index (χ3n) is 6.92. The maximum absolute atomic E-state index is 13.3. The zero-order valence-corrected chi connectivity index (χ0v) is 24.2. The standard InChI is InChI=1S/C31H39N3O5S/c1-22(2)14-16-32-21-23-12-13-27-28(15-17-39-30(27)18-23)33-31(35)20-29(24-8-5-4-6-9-24)34-40(36,37)26-11-7-10-25(19-26)38-3/h4-13,18-19,22,28-29,32,34H,14-17,20-21H2,1-3H3,(H,33,35). The Bertz CT molecular complexity index is 1380. The van der Waals surface area contributed by atoms with Gasteiger partial charge in [-0.1, -0.05) is 62.4 Å². The second-order valence-corrected chi connectivity index (χ2v) is 12.2. The van der Waals surface area contributed by atoms with E-state index in [1.807, 2.05) is 42.5 Å². The second kappa shape index (κ2) is 13.8. The minimum atomic E-state index is -3.92. The van der Waals surface area contributed by atoms with Gasteiger partial charge in [0, 0.05) is 31.0 Å². The Morgan fingerprint density at radius 3 is 2.60 bits per heavy atom. The van der Waals surface area contributed by atoms with Gasteiger partial charge in [0.15, 0.2) is 0 Å². The highest BCUT2D eigenvalue weighted by Gasteiger charge is 2.27. The fourth-order valence-corrected chi connectivity index (χ4v) is 5.95. The summed E-state index contributed by atoms with van der Waals surface area (Å²) in [4.78, 5) is 13.4. The first-order valence-corrected chi connectivity index (χ1v) is 15.2. The lowest BCUT2D eigenvalue weighted by Gasteiger charge is -2.28. The Kier molecular flexibility index (Phi) is 10.2. The molecule has 0 bridgehead atoms. The number of amides is 1. The van der Waals surface area contributed by atoms with E-state index in [1.54, 1.807) is 12.1 Å². The molecular formula is C31H39N3O5S. The van der Waals surface area contributed by atoms with E-state index < -0.39 is 16.1 Å². The van der Waals surface area contributed by atoms with E-state index in [4.69, 9.17) is 9.47 Å². The lowest BCUT2D eigenvalue weighted by molar-refractivity contribution is -0.122. The third kappa shape index (κ3) is 8.06. The highest BCUT2D eigenvalue weighted by molar-refractivity contribution is 7.89. The molecule has 0 aromatic heterocycles. The van der Waals surface area contributed by atoms with Crippen molar-refractivity contribution < 1.29 is 22.7 Å². The summed E-state index contributed by atoms with van der Waals surface area (Å²) in [5, 5.41) is 6.58. The molecule has 1 amide bonds. The molecule has 3 aromatic carbocycles. The van der Waals surface area contributed by atoms with Crippen LogP contribution in [0.4, 0.5) is 0 Å². The van der Waals surface area contributed by atoms with Crippen molar-refractivity contribution >= 4 is 15.9 Å². The SMILES string of the molecule is COc1cccc(S(=O)(=O)NC(CC(=O)NC2CCOc3cc(CNCCC(C)C)ccc32)c2ccccc2)c1. The summed E-state index contributed by atoms with van der Waals surface area (Å²) in [5.41, 5.74) is 2.76. The van der Waals surface area contributed by atoms with Gasteiger partial charge in [-0.25, -0.2) is 13.1 Å². The van der Waals surface area contributed by atoms with Crippen molar-refractivity contribution in [2.45, 2.75) is 56.6 Å². The van der Waals surface area contributed by atoms with Gasteiger partial charge >= 0.3 is 0 Å². The van der Waals surface area contributed by atoms with E-state index in [0.29, 0.717) is 30.3 Å². The summed E-state index contributed by atoms with van der Waals surface area (Å²) < 4.78 is 40.4. The molecule has 1 heterocycles. The Morgan fingerprint density at radius 1 is 1.05 bits per heavy atom. The highest BCUT2D eigenvalue weighted by atomic mass is 32.2. The summed E-state index contributed by atoms with van der Waals surface area (Å²) in [7, 11) is -2.44. The molecule has 3 aromatic rings. The second-order valence-electron chi connectivity index (χ2n) is 10.5. The third-order valence-corrected chi connectivity index (χ3v) is 8.39. The number of methoxy groups -OCH3 is 1. The molecule has 40 heavy (non-hydrogen) atoms. The van der Waals surface area contributed by atoms with Crippen molar-refractivity contribution in [1.29, 1.82) is 0 Å². The number of carbonyl (C=O) groups is 1. The van der Waals surface area contributed by atoms with Gasteiger partial charge in [0.1, 0.15) is 11.5 Å². The number of sulfonamides is 1. The molecule has 1 aliphatic heterocycles. The molecule has 2 atom stereocenters. The van der Waals surface area contributed by atoms with Crippen molar-refractivity contribution in [1.82, 2.24) is 15.4 Å². The van der Waals surface area contributed by atoms with E-state index in [0.717, 1.165) is 36.4 Å². The van der Waals surface area contributed by atoms with Crippen molar-refractivity contribution in [3.8, 4) is 11.5 Å². The molecule has 2 unspecified atom stereocenters. The number of nitrogens with one attached hydrogen (secondary N) is 3. The fraction of sp³-hybridized carbons (Fsp3) is 0.387. The Labute approximate surface area is 237 Å². The van der Waals surface area contributed by atoms with Crippen molar-refractivity contribution in [2.75, 3.05) is 20.3 Å². The molecule has 0 aliphatic carbocycles. The summed E-state index contributed by atoms with van der Waals surface area (Å²) in [5.74, 6) is 1.62. The number of carbonyl (C=O) groups excluding carboxylic acids is 1. The number of ether oxygens (including phenoxy) is 2. The van der Waals surface area contributed by atoms with Crippen LogP contribution in [0, 0.1) is 5.92 Å². The normalized spacial score (nSPS) is 15.7. The van der Waals surface area contributed by atoms with E-state index in [2.05, 4.69) is 35.3 Å². The first-order chi connectivity index (χ1) is 19.2. The smallest absolute Gasteiger partial charge is 0.241 e. The largest absolute Gasteiger partial charge is 0.497 e. The molecule has 8 nitrogen and oxygen atoms in total. The minimum absolute atomic E-state index is 0.0578. The molecule has 4 rings (SSSR count). The molecule has 0 radical (unpaired) electrons. The lowest BCUT2D eigenvalue weighted by atomic mass is 9.98. The minimum Gasteiger partial charge on any atom is -0.497 e. The predicted molar refractivity (Wildman–Crippen MR) is 156 cm³/mol. The van der Waals surface area contributed by atoms with Crippen LogP contribution in [-0.4, -0.2) is 34.6 Å². The van der Waals surface area contributed by atoms with Crippen LogP contribution in [0.15, 0.2) is 77.7 Å². The van der Waals surface area contributed by atoms with Gasteiger partial charge in [-0.2, -0.15) is 0 Å². The van der Waals surface area contributed by atoms with Crippen molar-refractivity contribution in [2.24, 2.45) is 5.92 Å². The number of benzene rings is 3. The van der Waals surface area contributed by atoms with Crippen molar-refractivity contribution in [3.05, 3.63) is 89.5 Å². The van der Waals surface area contributed by atoms with Gasteiger partial charge in [0.05, 0.1) is 30.7 Å². The molecule has 9 heteroatoms. The Hall–Kier alpha value is -3.40. The number of rotatable bonds is 13. The summed E-state index contributed by atoms with van der Waals surface area (Å²) in [6, 6.07) is 20.5. The monoisotopic (exact) mass is 565 g/mol. The lowest BCUT2D eigenvalue weighted by Crippen LogP contribution is -2.36. The summed E-state index contributed by atoms with van der Waals surface area (Å²) in [6.07, 6.45) is 1.70. The van der Waals surface area contributed by atoms with Gasteiger partial charge in [0.25, 0.3) is 0 Å². The Balaban J connectivity index is 1.45. The zero-order chi connectivity index (χ0) is 28.5. The topological polar surface area (TPSA) is 106 Å². The van der Waals surface area contributed by atoms with Gasteiger partial charge in [0.2, 0.25) is 15.9 Å². The first-order valence-electron chi connectivity index (χ1n) is 13.7. The zero-order valence-electron chi connectivity index (χ0n) is 23.4. The van der Waals surface area contributed by atoms with E-state index in [1.165, 1.54) is 19.2 Å². The number of fused-ring (bicyclic) bond motifs is 1. The fourth-order valence-electron chi connectivity index (χ4n) is 4.69. The highest BCUT2D eigenvalue weighted by Crippen LogP contribution is 2.33. The van der Waals surface area contributed by atoms with Crippen LogP contribution in [0.2, 0.25) is 0 Å². The van der Waals surface area contributed by atoms with E-state index >= 15 is 0 Å². The molecule has 0 fully saturated rings. The van der Waals surface area contributed by atoms with Crippen LogP contribution >= 0.6 is 0 Å². The average Bonchev–Trinajstić information content (AvgIpc) is 2.95.